The van der Waals surface area contributed by atoms with E-state index in [4.69, 9.17) is 0 Å². The van der Waals surface area contributed by atoms with Crippen LogP contribution in [0, 0.1) is 23.3 Å². The fraction of sp³-hybridized carbons (Fsp3) is 0.381. The first kappa shape index (κ1) is 22.6. The van der Waals surface area contributed by atoms with E-state index in [0.29, 0.717) is 4.47 Å². The fourth-order valence-corrected chi connectivity index (χ4v) is 3.65. The van der Waals surface area contributed by atoms with Gasteiger partial charge in [0.25, 0.3) is 0 Å². The van der Waals surface area contributed by atoms with Gasteiger partial charge in [-0.1, -0.05) is 35.0 Å². The van der Waals surface area contributed by atoms with Crippen LogP contribution in [-0.4, -0.2) is 30.8 Å². The van der Waals surface area contributed by atoms with Crippen molar-refractivity contribution in [3.05, 3.63) is 69.2 Å². The number of halogens is 5. The summed E-state index contributed by atoms with van der Waals surface area (Å²) >= 11 is 3.29. The highest BCUT2D eigenvalue weighted by atomic mass is 79.9. The van der Waals surface area contributed by atoms with Crippen molar-refractivity contribution in [2.45, 2.75) is 38.1 Å². The van der Waals surface area contributed by atoms with Gasteiger partial charge >= 0.3 is 0 Å². The van der Waals surface area contributed by atoms with Crippen molar-refractivity contribution in [2.24, 2.45) is 0 Å². The predicted molar refractivity (Wildman–Crippen MR) is 104 cm³/mol. The third-order valence-corrected chi connectivity index (χ3v) is 5.68. The zero-order valence-corrected chi connectivity index (χ0v) is 17.7. The number of carbonyl (C=O) groups is 1. The van der Waals surface area contributed by atoms with Crippen molar-refractivity contribution in [3.63, 3.8) is 0 Å². The van der Waals surface area contributed by atoms with Crippen molar-refractivity contribution in [1.29, 1.82) is 0 Å². The minimum absolute atomic E-state index is 0.0506. The highest BCUT2D eigenvalue weighted by molar-refractivity contribution is 9.10. The molecule has 2 nitrogen and oxygen atoms in total. The second kappa shape index (κ2) is 8.74. The topological polar surface area (TPSA) is 20.3 Å². The molecular formula is C21H22BrF4NO. The molecule has 7 heteroatoms. The molecule has 0 aliphatic rings. The lowest BCUT2D eigenvalue weighted by Gasteiger charge is -2.38. The Labute approximate surface area is 170 Å². The van der Waals surface area contributed by atoms with Crippen LogP contribution in [0.5, 0.6) is 0 Å². The van der Waals surface area contributed by atoms with Gasteiger partial charge in [-0.05, 0) is 45.1 Å². The van der Waals surface area contributed by atoms with Crippen LogP contribution in [0.3, 0.4) is 0 Å². The van der Waals surface area contributed by atoms with Crippen LogP contribution in [-0.2, 0) is 10.2 Å². The molecule has 2 atom stereocenters. The lowest BCUT2D eigenvalue weighted by atomic mass is 9.66. The van der Waals surface area contributed by atoms with Gasteiger partial charge in [0.1, 0.15) is 5.78 Å². The van der Waals surface area contributed by atoms with Crippen molar-refractivity contribution in [1.82, 2.24) is 4.90 Å². The summed E-state index contributed by atoms with van der Waals surface area (Å²) in [6.45, 7) is 3.34. The average molecular weight is 460 g/mol. The summed E-state index contributed by atoms with van der Waals surface area (Å²) in [6.07, 6.45) is -0.113. The van der Waals surface area contributed by atoms with Crippen LogP contribution in [0.1, 0.15) is 37.8 Å². The van der Waals surface area contributed by atoms with Crippen molar-refractivity contribution in [3.8, 4) is 0 Å². The number of hydrogen-bond donors (Lipinski definition) is 0. The molecule has 2 rings (SSSR count). The zero-order valence-electron chi connectivity index (χ0n) is 16.1. The van der Waals surface area contributed by atoms with E-state index in [1.807, 2.05) is 0 Å². The first-order valence-electron chi connectivity index (χ1n) is 8.85. The Kier molecular flexibility index (Phi) is 7.04. The lowest BCUT2D eigenvalue weighted by Crippen LogP contribution is -2.44. The molecule has 0 spiro atoms. The van der Waals surface area contributed by atoms with Gasteiger partial charge in [0, 0.05) is 28.6 Å². The summed E-state index contributed by atoms with van der Waals surface area (Å²) in [7, 11) is 3.51. The van der Waals surface area contributed by atoms with E-state index in [9.17, 15) is 22.4 Å². The molecule has 0 radical (unpaired) electrons. The maximum atomic E-state index is 14.9. The molecule has 2 aromatic carbocycles. The van der Waals surface area contributed by atoms with Crippen molar-refractivity contribution >= 4 is 21.7 Å². The van der Waals surface area contributed by atoms with E-state index in [1.54, 1.807) is 57.1 Å². The maximum Gasteiger partial charge on any atom is 0.166 e. The fourth-order valence-electron chi connectivity index (χ4n) is 3.39. The van der Waals surface area contributed by atoms with E-state index in [2.05, 4.69) is 15.9 Å². The van der Waals surface area contributed by atoms with Crippen LogP contribution in [0.25, 0.3) is 0 Å². The van der Waals surface area contributed by atoms with Crippen LogP contribution >= 0.6 is 15.9 Å². The lowest BCUT2D eigenvalue weighted by molar-refractivity contribution is -0.123. The van der Waals surface area contributed by atoms with Gasteiger partial charge < -0.3 is 4.90 Å². The molecule has 0 bridgehead atoms. The monoisotopic (exact) mass is 459 g/mol. The Morgan fingerprint density at radius 3 is 2.00 bits per heavy atom. The van der Waals surface area contributed by atoms with E-state index in [-0.39, 0.29) is 30.5 Å². The van der Waals surface area contributed by atoms with Gasteiger partial charge in [0.2, 0.25) is 0 Å². The number of carbonyl (C=O) groups excluding carboxylic acids is 1. The number of nitrogens with zero attached hydrogens (tertiary/aromatic N) is 1. The summed E-state index contributed by atoms with van der Waals surface area (Å²) < 4.78 is 58.6. The van der Waals surface area contributed by atoms with E-state index < -0.39 is 40.0 Å². The molecular weight excluding hydrogens is 438 g/mol. The standard InChI is InChI=1S/C21H22BrF4NO/c1-5-17(28)21(11-12(2)27(3)4,13-6-8-14(22)9-7-13)18-19(25)15(23)10-16(24)20(18)26/h6-10,12H,5,11H2,1-4H3/t12-,21+/m1/s1. The highest BCUT2D eigenvalue weighted by Gasteiger charge is 2.47. The Balaban J connectivity index is 2.96. The van der Waals surface area contributed by atoms with Gasteiger partial charge in [-0.2, -0.15) is 0 Å². The van der Waals surface area contributed by atoms with Gasteiger partial charge in [0.05, 0.1) is 5.41 Å². The normalized spacial score (nSPS) is 14.8. The Morgan fingerprint density at radius 2 is 1.57 bits per heavy atom. The second-order valence-corrected chi connectivity index (χ2v) is 7.96. The smallest absolute Gasteiger partial charge is 0.166 e. The summed E-state index contributed by atoms with van der Waals surface area (Å²) in [5.74, 6) is -6.68. The molecule has 0 aromatic heterocycles. The molecule has 0 saturated carbocycles. The number of benzene rings is 2. The summed E-state index contributed by atoms with van der Waals surface area (Å²) in [4.78, 5) is 15.0. The van der Waals surface area contributed by atoms with E-state index >= 15 is 0 Å². The molecule has 0 N–H and O–H groups in total. The predicted octanol–water partition coefficient (Wildman–Crippen LogP) is 5.61. The summed E-state index contributed by atoms with van der Waals surface area (Å²) in [6, 6.07) is 6.18. The summed E-state index contributed by atoms with van der Waals surface area (Å²) in [5.41, 5.74) is -2.48. The van der Waals surface area contributed by atoms with Crippen LogP contribution in [0.2, 0.25) is 0 Å². The SMILES string of the molecule is CCC(=O)[C@](C[C@@H](C)N(C)C)(c1ccc(Br)cc1)c1c(F)c(F)cc(F)c1F. The van der Waals surface area contributed by atoms with E-state index in [0.717, 1.165) is 0 Å². The molecule has 0 amide bonds. The number of hydrogen-bond acceptors (Lipinski definition) is 2. The molecule has 0 heterocycles. The largest absolute Gasteiger partial charge is 0.307 e. The number of rotatable bonds is 7. The Bertz CT molecular complexity index is 843. The van der Waals surface area contributed by atoms with Gasteiger partial charge in [0.15, 0.2) is 23.3 Å². The van der Waals surface area contributed by atoms with Crippen LogP contribution < -0.4 is 0 Å². The minimum atomic E-state index is -1.88. The maximum absolute atomic E-state index is 14.9. The molecule has 0 saturated heterocycles. The van der Waals surface area contributed by atoms with Gasteiger partial charge in [-0.3, -0.25) is 4.79 Å². The third kappa shape index (κ3) is 4.01. The number of Topliss-reactive ketones (excluding diaryl/α,β-unsaturated/α-hetero) is 1. The molecule has 152 valence electrons. The molecule has 0 aliphatic carbocycles. The molecule has 0 aliphatic heterocycles. The van der Waals surface area contributed by atoms with Crippen LogP contribution in [0.15, 0.2) is 34.8 Å². The average Bonchev–Trinajstić information content (AvgIpc) is 2.65. The van der Waals surface area contributed by atoms with Crippen LogP contribution in [0.4, 0.5) is 17.6 Å². The van der Waals surface area contributed by atoms with Crippen molar-refractivity contribution in [2.75, 3.05) is 14.1 Å². The highest BCUT2D eigenvalue weighted by Crippen LogP contribution is 2.43. The minimum Gasteiger partial charge on any atom is -0.307 e. The second-order valence-electron chi connectivity index (χ2n) is 7.05. The molecule has 0 fully saturated rings. The summed E-state index contributed by atoms with van der Waals surface area (Å²) in [5, 5.41) is 0. The van der Waals surface area contributed by atoms with E-state index in [1.165, 1.54) is 0 Å². The van der Waals surface area contributed by atoms with Gasteiger partial charge in [-0.15, -0.1) is 0 Å². The first-order valence-corrected chi connectivity index (χ1v) is 9.64. The molecule has 2 aromatic rings. The van der Waals surface area contributed by atoms with Crippen molar-refractivity contribution < 1.29 is 22.4 Å². The Hall–Kier alpha value is -1.73. The molecule has 0 unspecified atom stereocenters. The van der Waals surface area contributed by atoms with Gasteiger partial charge in [-0.25, -0.2) is 17.6 Å². The number of ketones is 1. The first-order chi connectivity index (χ1) is 13.1. The third-order valence-electron chi connectivity index (χ3n) is 5.16. The Morgan fingerprint density at radius 1 is 1.07 bits per heavy atom. The molecule has 28 heavy (non-hydrogen) atoms. The zero-order chi connectivity index (χ0) is 21.2. The quantitative estimate of drug-likeness (QED) is 0.396.